The maximum Gasteiger partial charge on any atom is 0.404 e. The van der Waals surface area contributed by atoms with E-state index in [2.05, 4.69) is 4.98 Å². The van der Waals surface area contributed by atoms with Gasteiger partial charge in [-0.1, -0.05) is 0 Å². The third kappa shape index (κ3) is 2.57. The Morgan fingerprint density at radius 2 is 2.20 bits per heavy atom. The average Bonchev–Trinajstić information content (AvgIpc) is 2.77. The van der Waals surface area contributed by atoms with E-state index < -0.39 is 31.0 Å². The molecule has 2 fully saturated rings. The maximum absolute atomic E-state index is 11.7. The van der Waals surface area contributed by atoms with E-state index in [0.717, 1.165) is 0 Å². The Balaban J connectivity index is 1.72. The van der Waals surface area contributed by atoms with Crippen molar-refractivity contribution in [3.63, 3.8) is 0 Å². The Kier molecular flexibility index (Phi) is 3.11. The molecule has 2 aliphatic rings. The fourth-order valence-electron chi connectivity index (χ4n) is 2.94. The molecule has 8 nitrogen and oxygen atoms in total. The molecule has 0 aromatic carbocycles. The van der Waals surface area contributed by atoms with Gasteiger partial charge in [-0.25, -0.2) is 4.79 Å². The van der Waals surface area contributed by atoms with Crippen LogP contribution in [0.4, 0.5) is 0 Å². The summed E-state index contributed by atoms with van der Waals surface area (Å²) in [5, 5.41) is 0. The lowest BCUT2D eigenvalue weighted by Gasteiger charge is -2.15. The van der Waals surface area contributed by atoms with Crippen LogP contribution in [0, 0.1) is 5.92 Å². The van der Waals surface area contributed by atoms with Crippen LogP contribution in [0.2, 0.25) is 0 Å². The molecule has 2 heterocycles. The average molecular weight is 303 g/mol. The highest BCUT2D eigenvalue weighted by Gasteiger charge is 2.63. The van der Waals surface area contributed by atoms with Crippen LogP contribution >= 0.6 is 7.94 Å². The number of ether oxygens (including phenoxy) is 1. The van der Waals surface area contributed by atoms with Crippen LogP contribution in [-0.4, -0.2) is 36.0 Å². The SMILES string of the molecule is O=c1ccn(C2CCC3(CC3C[P+](O)(O)O)O2)c(=O)[nH]1. The number of rotatable bonds is 3. The number of hydrogen-bond donors (Lipinski definition) is 4. The molecule has 0 amide bonds. The second kappa shape index (κ2) is 4.47. The first-order valence-electron chi connectivity index (χ1n) is 6.35. The predicted molar refractivity (Wildman–Crippen MR) is 70.0 cm³/mol. The quantitative estimate of drug-likeness (QED) is 0.550. The van der Waals surface area contributed by atoms with Crippen LogP contribution in [0.5, 0.6) is 0 Å². The van der Waals surface area contributed by atoms with Crippen LogP contribution in [0.15, 0.2) is 21.9 Å². The Morgan fingerprint density at radius 1 is 1.45 bits per heavy atom. The van der Waals surface area contributed by atoms with Crippen molar-refractivity contribution in [3.05, 3.63) is 33.1 Å². The third-order valence-electron chi connectivity index (χ3n) is 3.99. The zero-order valence-electron chi connectivity index (χ0n) is 10.6. The van der Waals surface area contributed by atoms with E-state index in [0.29, 0.717) is 19.3 Å². The minimum atomic E-state index is -3.79. The summed E-state index contributed by atoms with van der Waals surface area (Å²) in [4.78, 5) is 52.2. The van der Waals surface area contributed by atoms with E-state index in [9.17, 15) is 9.59 Å². The maximum atomic E-state index is 11.7. The van der Waals surface area contributed by atoms with Crippen molar-refractivity contribution >= 4 is 7.94 Å². The molecular weight excluding hydrogens is 287 g/mol. The highest BCUT2D eigenvalue weighted by atomic mass is 31.2. The molecule has 0 radical (unpaired) electrons. The number of nitrogens with zero attached hydrogens (tertiary/aromatic N) is 1. The molecular formula is C11H16N2O6P+. The minimum Gasteiger partial charge on any atom is -0.351 e. The Bertz CT molecular complexity index is 635. The largest absolute Gasteiger partial charge is 0.404 e. The molecule has 4 N–H and O–H groups in total. The molecule has 0 bridgehead atoms. The molecule has 1 saturated carbocycles. The lowest BCUT2D eigenvalue weighted by atomic mass is 10.2. The lowest BCUT2D eigenvalue weighted by Crippen LogP contribution is -2.31. The van der Waals surface area contributed by atoms with Crippen molar-refractivity contribution in [1.82, 2.24) is 9.55 Å². The van der Waals surface area contributed by atoms with Crippen LogP contribution in [-0.2, 0) is 4.74 Å². The highest BCUT2D eigenvalue weighted by Crippen LogP contribution is 2.63. The van der Waals surface area contributed by atoms with E-state index in [1.165, 1.54) is 16.8 Å². The molecule has 1 aromatic rings. The molecule has 1 aliphatic heterocycles. The van der Waals surface area contributed by atoms with Crippen LogP contribution in [0.25, 0.3) is 0 Å². The standard InChI is InChI=1S/C11H15N2O6P/c14-8-2-4-13(10(15)12-8)9-1-3-11(19-9)5-7(11)6-20(16,17)18/h2,4,7,9,16-18H,1,3,5-6H2/p+1. The van der Waals surface area contributed by atoms with E-state index in [1.807, 2.05) is 0 Å². The first-order valence-corrected chi connectivity index (χ1v) is 8.18. The minimum absolute atomic E-state index is 0.0692. The lowest BCUT2D eigenvalue weighted by molar-refractivity contribution is -0.0230. The zero-order chi connectivity index (χ0) is 14.5. The number of H-pyrrole nitrogens is 1. The fraction of sp³-hybridized carbons (Fsp3) is 0.636. The molecule has 20 heavy (non-hydrogen) atoms. The van der Waals surface area contributed by atoms with Gasteiger partial charge in [-0.2, -0.15) is 14.7 Å². The summed E-state index contributed by atoms with van der Waals surface area (Å²) in [6.07, 6.45) is 2.80. The molecule has 9 heteroatoms. The Morgan fingerprint density at radius 3 is 2.85 bits per heavy atom. The van der Waals surface area contributed by atoms with Crippen LogP contribution in [0.3, 0.4) is 0 Å². The summed E-state index contributed by atoms with van der Waals surface area (Å²) < 4.78 is 7.17. The van der Waals surface area contributed by atoms with Gasteiger partial charge in [-0.3, -0.25) is 14.3 Å². The van der Waals surface area contributed by atoms with Crippen LogP contribution < -0.4 is 11.2 Å². The second-order valence-electron chi connectivity index (χ2n) is 5.47. The van der Waals surface area contributed by atoms with Gasteiger partial charge in [0.2, 0.25) is 0 Å². The van der Waals surface area contributed by atoms with Crippen molar-refractivity contribution in [3.8, 4) is 0 Å². The second-order valence-corrected chi connectivity index (χ2v) is 7.22. The fourth-order valence-corrected chi connectivity index (χ4v) is 3.99. The molecule has 1 aliphatic carbocycles. The van der Waals surface area contributed by atoms with Crippen molar-refractivity contribution in [2.45, 2.75) is 31.1 Å². The topological polar surface area (TPSA) is 125 Å². The highest BCUT2D eigenvalue weighted by molar-refractivity contribution is 7.58. The third-order valence-corrected chi connectivity index (χ3v) is 4.92. The van der Waals surface area contributed by atoms with E-state index in [-0.39, 0.29) is 12.1 Å². The summed E-state index contributed by atoms with van der Waals surface area (Å²) in [5.41, 5.74) is -1.46. The molecule has 1 aromatic heterocycles. The van der Waals surface area contributed by atoms with Gasteiger partial charge >= 0.3 is 13.6 Å². The van der Waals surface area contributed by atoms with E-state index >= 15 is 0 Å². The smallest absolute Gasteiger partial charge is 0.351 e. The molecule has 1 spiro atoms. The van der Waals surface area contributed by atoms with Crippen LogP contribution in [0.1, 0.15) is 25.5 Å². The van der Waals surface area contributed by atoms with Gasteiger partial charge in [0.15, 0.2) is 0 Å². The van der Waals surface area contributed by atoms with E-state index in [1.54, 1.807) is 0 Å². The van der Waals surface area contributed by atoms with Gasteiger partial charge < -0.3 is 4.74 Å². The molecule has 1 saturated heterocycles. The Hall–Kier alpha value is -1.05. The summed E-state index contributed by atoms with van der Waals surface area (Å²) in [7, 11) is -3.79. The van der Waals surface area contributed by atoms with Gasteiger partial charge in [-0.05, 0) is 19.3 Å². The summed E-state index contributed by atoms with van der Waals surface area (Å²) in [6, 6.07) is 1.26. The number of aromatic nitrogens is 2. The van der Waals surface area contributed by atoms with E-state index in [4.69, 9.17) is 19.4 Å². The normalized spacial score (nSPS) is 32.8. The molecule has 3 rings (SSSR count). The first-order chi connectivity index (χ1) is 9.29. The summed E-state index contributed by atoms with van der Waals surface area (Å²) in [5.74, 6) is -0.0979. The Labute approximate surface area is 114 Å². The van der Waals surface area contributed by atoms with Gasteiger partial charge in [0.05, 0.1) is 5.60 Å². The van der Waals surface area contributed by atoms with Gasteiger partial charge in [0.25, 0.3) is 5.56 Å². The zero-order valence-corrected chi connectivity index (χ0v) is 11.5. The molecule has 3 atom stereocenters. The number of hydrogen-bond acceptors (Lipinski definition) is 6. The van der Waals surface area contributed by atoms with Crippen molar-refractivity contribution in [1.29, 1.82) is 0 Å². The predicted octanol–water partition coefficient (Wildman–Crippen LogP) is -0.656. The van der Waals surface area contributed by atoms with Crippen molar-refractivity contribution in [2.75, 3.05) is 6.16 Å². The number of nitrogens with one attached hydrogen (secondary N) is 1. The van der Waals surface area contributed by atoms with Gasteiger partial charge in [0, 0.05) is 18.2 Å². The summed E-state index contributed by atoms with van der Waals surface area (Å²) >= 11 is 0. The summed E-state index contributed by atoms with van der Waals surface area (Å²) in [6.45, 7) is 0. The van der Waals surface area contributed by atoms with Crippen molar-refractivity contribution in [2.24, 2.45) is 5.92 Å². The first kappa shape index (κ1) is 13.9. The molecule has 110 valence electrons. The monoisotopic (exact) mass is 303 g/mol. The molecule has 3 unspecified atom stereocenters. The van der Waals surface area contributed by atoms with Gasteiger partial charge in [0.1, 0.15) is 12.4 Å². The van der Waals surface area contributed by atoms with Crippen molar-refractivity contribution < 1.29 is 19.4 Å². The number of aromatic amines is 1. The van der Waals surface area contributed by atoms with Gasteiger partial charge in [-0.15, -0.1) is 0 Å².